The highest BCUT2D eigenvalue weighted by Gasteiger charge is 2.16. The Morgan fingerprint density at radius 3 is 2.62 bits per heavy atom. The minimum atomic E-state index is 0.214. The molecule has 0 aromatic heterocycles. The lowest BCUT2D eigenvalue weighted by Gasteiger charge is -2.32. The normalized spacial score (nSPS) is 19.4. The van der Waals surface area contributed by atoms with Crippen LogP contribution in [-0.4, -0.2) is 36.5 Å². The van der Waals surface area contributed by atoms with Crippen LogP contribution in [0.4, 0.5) is 0 Å². The molecule has 1 amide bonds. The third-order valence-electron chi connectivity index (χ3n) is 3.37. The zero-order chi connectivity index (χ0) is 11.8. The maximum Gasteiger partial charge on any atom is 0.220 e. The molecular weight excluding hydrogens is 200 g/mol. The van der Waals surface area contributed by atoms with Crippen molar-refractivity contribution in [3.8, 4) is 0 Å². The highest BCUT2D eigenvalue weighted by molar-refractivity contribution is 5.75. The van der Waals surface area contributed by atoms with Crippen molar-refractivity contribution in [2.45, 2.75) is 58.4 Å². The molecule has 0 aromatic carbocycles. The summed E-state index contributed by atoms with van der Waals surface area (Å²) >= 11 is 0. The molecule has 0 aromatic rings. The summed E-state index contributed by atoms with van der Waals surface area (Å²) in [4.78, 5) is 13.9. The van der Waals surface area contributed by atoms with Crippen LogP contribution in [0.1, 0.15) is 52.4 Å². The Hall–Kier alpha value is -0.570. The van der Waals surface area contributed by atoms with Gasteiger partial charge in [-0.05, 0) is 39.3 Å². The lowest BCUT2D eigenvalue weighted by atomic mass is 10.1. The fraction of sp³-hybridized carbons (Fsp3) is 0.923. The van der Waals surface area contributed by atoms with Crippen LogP contribution in [0.2, 0.25) is 0 Å². The summed E-state index contributed by atoms with van der Waals surface area (Å²) < 4.78 is 0. The van der Waals surface area contributed by atoms with E-state index in [4.69, 9.17) is 0 Å². The van der Waals surface area contributed by atoms with Crippen molar-refractivity contribution in [1.29, 1.82) is 0 Å². The summed E-state index contributed by atoms with van der Waals surface area (Å²) in [6, 6.07) is 0.492. The topological polar surface area (TPSA) is 32.3 Å². The lowest BCUT2D eigenvalue weighted by Crippen LogP contribution is -2.44. The number of carbonyl (C=O) groups is 1. The zero-order valence-corrected chi connectivity index (χ0v) is 10.8. The van der Waals surface area contributed by atoms with Gasteiger partial charge in [0.05, 0.1) is 0 Å². The smallest absolute Gasteiger partial charge is 0.220 e. The summed E-state index contributed by atoms with van der Waals surface area (Å²) in [6.07, 6.45) is 6.77. The summed E-state index contributed by atoms with van der Waals surface area (Å²) in [5.74, 6) is 0.214. The maximum absolute atomic E-state index is 11.5. The van der Waals surface area contributed by atoms with Crippen LogP contribution in [-0.2, 0) is 4.79 Å². The second kappa shape index (κ2) is 7.66. The average molecular weight is 226 g/mol. The molecule has 0 bridgehead atoms. The number of likely N-dealkylation sites (tertiary alicyclic amines) is 1. The number of hydrogen-bond acceptors (Lipinski definition) is 2. The molecule has 1 atom stereocenters. The molecule has 1 fully saturated rings. The molecule has 3 nitrogen and oxygen atoms in total. The van der Waals surface area contributed by atoms with Crippen molar-refractivity contribution in [2.24, 2.45) is 0 Å². The Morgan fingerprint density at radius 1 is 1.31 bits per heavy atom. The molecular formula is C13H26N2O. The van der Waals surface area contributed by atoms with Gasteiger partial charge in [-0.2, -0.15) is 0 Å². The van der Waals surface area contributed by atoms with E-state index in [-0.39, 0.29) is 5.91 Å². The molecule has 1 aliphatic rings. The van der Waals surface area contributed by atoms with Crippen LogP contribution < -0.4 is 5.32 Å². The molecule has 1 N–H and O–H groups in total. The largest absolute Gasteiger partial charge is 0.355 e. The first-order valence-corrected chi connectivity index (χ1v) is 6.74. The number of rotatable bonds is 6. The molecule has 1 aliphatic heterocycles. The Bertz CT molecular complexity index is 200. The van der Waals surface area contributed by atoms with Crippen molar-refractivity contribution < 1.29 is 4.79 Å². The number of nitrogens with one attached hydrogen (secondary N) is 1. The molecule has 1 unspecified atom stereocenters. The Kier molecular flexibility index (Phi) is 6.46. The minimum Gasteiger partial charge on any atom is -0.355 e. The fourth-order valence-electron chi connectivity index (χ4n) is 2.18. The number of hydrogen-bond donors (Lipinski definition) is 1. The van der Waals surface area contributed by atoms with Gasteiger partial charge in [-0.25, -0.2) is 0 Å². The molecule has 94 valence electrons. The van der Waals surface area contributed by atoms with Gasteiger partial charge in [0.25, 0.3) is 0 Å². The summed E-state index contributed by atoms with van der Waals surface area (Å²) in [5.41, 5.74) is 0. The van der Waals surface area contributed by atoms with Gasteiger partial charge in [0, 0.05) is 19.0 Å². The van der Waals surface area contributed by atoms with Crippen molar-refractivity contribution in [1.82, 2.24) is 10.2 Å². The maximum atomic E-state index is 11.5. The molecule has 0 saturated carbocycles. The van der Waals surface area contributed by atoms with Crippen LogP contribution in [0, 0.1) is 0 Å². The molecule has 3 heteroatoms. The second-order valence-electron chi connectivity index (χ2n) is 4.85. The first-order valence-electron chi connectivity index (χ1n) is 6.74. The SMILES string of the molecule is CCCCC(=O)NCC(C)N1CCCCC1. The van der Waals surface area contributed by atoms with Gasteiger partial charge in [0.15, 0.2) is 0 Å². The summed E-state index contributed by atoms with van der Waals surface area (Å²) in [5, 5.41) is 3.03. The molecule has 0 radical (unpaired) electrons. The van der Waals surface area contributed by atoms with Gasteiger partial charge in [0.1, 0.15) is 0 Å². The molecule has 1 heterocycles. The standard InChI is InChI=1S/C13H26N2O/c1-3-4-8-13(16)14-11-12(2)15-9-6-5-7-10-15/h12H,3-11H2,1-2H3,(H,14,16). The number of piperidine rings is 1. The van der Waals surface area contributed by atoms with E-state index in [1.165, 1.54) is 32.4 Å². The van der Waals surface area contributed by atoms with Crippen molar-refractivity contribution >= 4 is 5.91 Å². The highest BCUT2D eigenvalue weighted by atomic mass is 16.1. The van der Waals surface area contributed by atoms with Gasteiger partial charge < -0.3 is 5.32 Å². The molecule has 16 heavy (non-hydrogen) atoms. The molecule has 1 saturated heterocycles. The fourth-order valence-corrected chi connectivity index (χ4v) is 2.18. The van der Waals surface area contributed by atoms with Crippen molar-refractivity contribution in [3.63, 3.8) is 0 Å². The van der Waals surface area contributed by atoms with Crippen molar-refractivity contribution in [3.05, 3.63) is 0 Å². The van der Waals surface area contributed by atoms with Gasteiger partial charge >= 0.3 is 0 Å². The van der Waals surface area contributed by atoms with E-state index in [1.54, 1.807) is 0 Å². The van der Waals surface area contributed by atoms with Crippen LogP contribution >= 0.6 is 0 Å². The van der Waals surface area contributed by atoms with E-state index in [9.17, 15) is 4.79 Å². The van der Waals surface area contributed by atoms with E-state index in [0.29, 0.717) is 12.5 Å². The predicted molar refractivity (Wildman–Crippen MR) is 67.4 cm³/mol. The van der Waals surface area contributed by atoms with Gasteiger partial charge in [-0.1, -0.05) is 19.8 Å². The first kappa shape index (κ1) is 13.5. The van der Waals surface area contributed by atoms with Gasteiger partial charge in [0.2, 0.25) is 5.91 Å². The Morgan fingerprint density at radius 2 is 2.00 bits per heavy atom. The Labute approximate surface area is 99.6 Å². The zero-order valence-electron chi connectivity index (χ0n) is 10.8. The highest BCUT2D eigenvalue weighted by Crippen LogP contribution is 2.11. The van der Waals surface area contributed by atoms with E-state index < -0.39 is 0 Å². The summed E-state index contributed by atoms with van der Waals surface area (Å²) in [7, 11) is 0. The summed E-state index contributed by atoms with van der Waals surface area (Å²) in [6.45, 7) is 7.54. The number of carbonyl (C=O) groups excluding carboxylic acids is 1. The second-order valence-corrected chi connectivity index (χ2v) is 4.85. The van der Waals surface area contributed by atoms with Crippen LogP contribution in [0.25, 0.3) is 0 Å². The monoisotopic (exact) mass is 226 g/mol. The molecule has 0 aliphatic carbocycles. The quantitative estimate of drug-likeness (QED) is 0.753. The van der Waals surface area contributed by atoms with Gasteiger partial charge in [-0.15, -0.1) is 0 Å². The van der Waals surface area contributed by atoms with Crippen molar-refractivity contribution in [2.75, 3.05) is 19.6 Å². The van der Waals surface area contributed by atoms with E-state index >= 15 is 0 Å². The minimum absolute atomic E-state index is 0.214. The third-order valence-corrected chi connectivity index (χ3v) is 3.37. The van der Waals surface area contributed by atoms with E-state index in [2.05, 4.69) is 24.1 Å². The molecule has 1 rings (SSSR count). The third kappa shape index (κ3) is 4.97. The number of nitrogens with zero attached hydrogens (tertiary/aromatic N) is 1. The van der Waals surface area contributed by atoms with Crippen LogP contribution in [0.15, 0.2) is 0 Å². The lowest BCUT2D eigenvalue weighted by molar-refractivity contribution is -0.121. The molecule has 0 spiro atoms. The van der Waals surface area contributed by atoms with Crippen LogP contribution in [0.3, 0.4) is 0 Å². The van der Waals surface area contributed by atoms with E-state index in [0.717, 1.165) is 19.4 Å². The van der Waals surface area contributed by atoms with Crippen LogP contribution in [0.5, 0.6) is 0 Å². The van der Waals surface area contributed by atoms with Gasteiger partial charge in [-0.3, -0.25) is 9.69 Å². The Balaban J connectivity index is 2.13. The first-order chi connectivity index (χ1) is 7.74. The number of unbranched alkanes of at least 4 members (excludes halogenated alkanes) is 1. The average Bonchev–Trinajstić information content (AvgIpc) is 2.34. The predicted octanol–water partition coefficient (Wildman–Crippen LogP) is 2.17. The number of amides is 1. The van der Waals surface area contributed by atoms with E-state index in [1.807, 2.05) is 0 Å².